The van der Waals surface area contributed by atoms with E-state index in [9.17, 15) is 26.7 Å². The zero-order valence-electron chi connectivity index (χ0n) is 15.6. The SMILES string of the molecule is CN1Cc2[nH]nc(C(=O)N3CCC(c4ccc(F)c(F)c4C(F)(F)F)CC3)c2C1. The quantitative estimate of drug-likeness (QED) is 0.763. The Morgan fingerprint density at radius 2 is 1.86 bits per heavy atom. The number of benzene rings is 1. The van der Waals surface area contributed by atoms with E-state index in [0.29, 0.717) is 18.8 Å². The first kappa shape index (κ1) is 19.8. The molecule has 29 heavy (non-hydrogen) atoms. The summed E-state index contributed by atoms with van der Waals surface area (Å²) < 4.78 is 67.2. The number of halogens is 5. The minimum Gasteiger partial charge on any atom is -0.337 e. The van der Waals surface area contributed by atoms with Gasteiger partial charge in [-0.15, -0.1) is 0 Å². The van der Waals surface area contributed by atoms with Crippen LogP contribution in [0.4, 0.5) is 22.0 Å². The van der Waals surface area contributed by atoms with Crippen LogP contribution < -0.4 is 0 Å². The Bertz CT molecular complexity index is 947. The molecule has 10 heteroatoms. The third-order valence-corrected chi connectivity index (χ3v) is 5.64. The summed E-state index contributed by atoms with van der Waals surface area (Å²) in [6.07, 6.45) is -4.53. The Kier molecular flexibility index (Phi) is 4.84. The average Bonchev–Trinajstić information content (AvgIpc) is 3.21. The van der Waals surface area contributed by atoms with Crippen molar-refractivity contribution in [3.8, 4) is 0 Å². The summed E-state index contributed by atoms with van der Waals surface area (Å²) in [5.74, 6) is -4.27. The van der Waals surface area contributed by atoms with Crippen molar-refractivity contribution >= 4 is 5.91 Å². The predicted molar refractivity (Wildman–Crippen MR) is 93.0 cm³/mol. The average molecular weight is 414 g/mol. The van der Waals surface area contributed by atoms with Gasteiger partial charge in [0.2, 0.25) is 0 Å². The fourth-order valence-electron chi connectivity index (χ4n) is 4.21. The number of H-pyrrole nitrogens is 1. The largest absolute Gasteiger partial charge is 0.419 e. The molecule has 1 amide bonds. The van der Waals surface area contributed by atoms with Gasteiger partial charge in [-0.25, -0.2) is 8.78 Å². The van der Waals surface area contributed by atoms with E-state index in [1.807, 2.05) is 11.9 Å². The number of piperidine rings is 1. The van der Waals surface area contributed by atoms with Crippen molar-refractivity contribution in [1.82, 2.24) is 20.0 Å². The van der Waals surface area contributed by atoms with E-state index >= 15 is 0 Å². The van der Waals surface area contributed by atoms with Crippen LogP contribution in [0, 0.1) is 11.6 Å². The summed E-state index contributed by atoms with van der Waals surface area (Å²) >= 11 is 0. The summed E-state index contributed by atoms with van der Waals surface area (Å²) in [5, 5.41) is 6.97. The third-order valence-electron chi connectivity index (χ3n) is 5.64. The number of nitrogens with one attached hydrogen (secondary N) is 1. The standard InChI is InChI=1S/C19H19F5N4O/c1-27-8-12-14(9-27)25-26-17(12)18(29)28-6-4-10(5-7-28)11-2-3-13(20)16(21)15(11)19(22,23)24/h2-3,10H,4-9H2,1H3,(H,25,26). The van der Waals surface area contributed by atoms with Crippen molar-refractivity contribution in [3.63, 3.8) is 0 Å². The first-order valence-corrected chi connectivity index (χ1v) is 9.25. The van der Waals surface area contributed by atoms with Crippen molar-refractivity contribution in [1.29, 1.82) is 0 Å². The van der Waals surface area contributed by atoms with E-state index in [1.165, 1.54) is 0 Å². The second kappa shape index (κ2) is 7.08. The summed E-state index contributed by atoms with van der Waals surface area (Å²) in [6.45, 7) is 1.72. The summed E-state index contributed by atoms with van der Waals surface area (Å²) in [4.78, 5) is 16.4. The number of alkyl halides is 3. The van der Waals surface area contributed by atoms with Crippen molar-refractivity contribution in [3.05, 3.63) is 51.8 Å². The van der Waals surface area contributed by atoms with Gasteiger partial charge in [0.05, 0.1) is 11.3 Å². The van der Waals surface area contributed by atoms with Crippen LogP contribution in [0.25, 0.3) is 0 Å². The molecule has 1 fully saturated rings. The van der Waals surface area contributed by atoms with Gasteiger partial charge in [-0.2, -0.15) is 18.3 Å². The molecule has 2 aromatic rings. The highest BCUT2D eigenvalue weighted by molar-refractivity contribution is 5.94. The van der Waals surface area contributed by atoms with E-state index < -0.39 is 29.3 Å². The van der Waals surface area contributed by atoms with E-state index in [0.717, 1.165) is 23.4 Å². The molecular weight excluding hydrogens is 395 g/mol. The first-order chi connectivity index (χ1) is 13.7. The normalized spacial score (nSPS) is 18.3. The van der Waals surface area contributed by atoms with Crippen molar-refractivity contribution in [2.45, 2.75) is 38.0 Å². The predicted octanol–water partition coefficient (Wildman–Crippen LogP) is 3.67. The van der Waals surface area contributed by atoms with Crippen molar-refractivity contribution in [2.24, 2.45) is 0 Å². The molecule has 0 aliphatic carbocycles. The molecule has 0 radical (unpaired) electrons. The molecule has 3 heterocycles. The van der Waals surface area contributed by atoms with E-state index in [4.69, 9.17) is 0 Å². The molecule has 0 saturated carbocycles. The number of likely N-dealkylation sites (tertiary alicyclic amines) is 1. The highest BCUT2D eigenvalue weighted by Crippen LogP contribution is 2.41. The van der Waals surface area contributed by atoms with Crippen LogP contribution in [0.15, 0.2) is 12.1 Å². The molecule has 0 atom stereocenters. The Morgan fingerprint density at radius 1 is 1.17 bits per heavy atom. The number of carbonyl (C=O) groups is 1. The van der Waals surface area contributed by atoms with Crippen LogP contribution in [-0.4, -0.2) is 46.0 Å². The monoisotopic (exact) mass is 414 g/mol. The zero-order chi connectivity index (χ0) is 20.9. The van der Waals surface area contributed by atoms with Gasteiger partial charge in [0, 0.05) is 31.7 Å². The highest BCUT2D eigenvalue weighted by atomic mass is 19.4. The molecule has 1 N–H and O–H groups in total. The van der Waals surface area contributed by atoms with Gasteiger partial charge in [0.15, 0.2) is 17.3 Å². The first-order valence-electron chi connectivity index (χ1n) is 9.25. The molecule has 4 rings (SSSR count). The lowest BCUT2D eigenvalue weighted by Crippen LogP contribution is -2.39. The van der Waals surface area contributed by atoms with Crippen LogP contribution in [0.5, 0.6) is 0 Å². The van der Waals surface area contributed by atoms with Gasteiger partial charge >= 0.3 is 6.18 Å². The molecule has 1 saturated heterocycles. The number of aromatic amines is 1. The maximum Gasteiger partial charge on any atom is 0.419 e. The second-order valence-electron chi connectivity index (χ2n) is 7.59. The van der Waals surface area contributed by atoms with Gasteiger partial charge < -0.3 is 4.90 Å². The maximum atomic E-state index is 13.9. The van der Waals surface area contributed by atoms with Crippen molar-refractivity contribution in [2.75, 3.05) is 20.1 Å². The molecule has 0 bridgehead atoms. The lowest BCUT2D eigenvalue weighted by atomic mass is 9.86. The summed E-state index contributed by atoms with van der Waals surface area (Å²) in [7, 11) is 1.92. The van der Waals surface area contributed by atoms with E-state index in [-0.39, 0.29) is 37.4 Å². The number of aromatic nitrogens is 2. The van der Waals surface area contributed by atoms with Crippen LogP contribution >= 0.6 is 0 Å². The fourth-order valence-corrected chi connectivity index (χ4v) is 4.21. The van der Waals surface area contributed by atoms with Crippen LogP contribution in [-0.2, 0) is 19.3 Å². The lowest BCUT2D eigenvalue weighted by Gasteiger charge is -2.33. The number of rotatable bonds is 2. The number of nitrogens with zero attached hydrogens (tertiary/aromatic N) is 3. The zero-order valence-corrected chi connectivity index (χ0v) is 15.6. The van der Waals surface area contributed by atoms with Crippen LogP contribution in [0.3, 0.4) is 0 Å². The Balaban J connectivity index is 1.51. The third kappa shape index (κ3) is 3.50. The fraction of sp³-hybridized carbons (Fsp3) is 0.474. The lowest BCUT2D eigenvalue weighted by molar-refractivity contribution is -0.141. The van der Waals surface area contributed by atoms with Crippen LogP contribution in [0.2, 0.25) is 0 Å². The molecular formula is C19H19F5N4O. The molecule has 1 aromatic heterocycles. The van der Waals surface area contributed by atoms with Gasteiger partial charge in [0.1, 0.15) is 0 Å². The minimum atomic E-state index is -4.99. The number of amides is 1. The highest BCUT2D eigenvalue weighted by Gasteiger charge is 2.41. The summed E-state index contributed by atoms with van der Waals surface area (Å²) in [5.41, 5.74) is 0.273. The van der Waals surface area contributed by atoms with Gasteiger partial charge in [-0.05, 0) is 37.4 Å². The number of fused-ring (bicyclic) bond motifs is 1. The number of hydrogen-bond acceptors (Lipinski definition) is 3. The van der Waals surface area contributed by atoms with Crippen molar-refractivity contribution < 1.29 is 26.7 Å². The molecule has 1 aromatic carbocycles. The van der Waals surface area contributed by atoms with Crippen LogP contribution in [0.1, 0.15) is 51.6 Å². The number of hydrogen-bond donors (Lipinski definition) is 1. The molecule has 5 nitrogen and oxygen atoms in total. The maximum absolute atomic E-state index is 13.9. The molecule has 156 valence electrons. The smallest absolute Gasteiger partial charge is 0.337 e. The second-order valence-corrected chi connectivity index (χ2v) is 7.59. The molecule has 0 spiro atoms. The Labute approximate surface area is 163 Å². The molecule has 2 aliphatic rings. The molecule has 0 unspecified atom stereocenters. The topological polar surface area (TPSA) is 52.2 Å². The van der Waals surface area contributed by atoms with Gasteiger partial charge in [0.25, 0.3) is 5.91 Å². The van der Waals surface area contributed by atoms with E-state index in [2.05, 4.69) is 10.2 Å². The summed E-state index contributed by atoms with van der Waals surface area (Å²) in [6, 6.07) is 1.72. The minimum absolute atomic E-state index is 0.220. The Morgan fingerprint density at radius 3 is 2.52 bits per heavy atom. The Hall–Kier alpha value is -2.49. The number of carbonyl (C=O) groups excluding carboxylic acids is 1. The molecule has 2 aliphatic heterocycles. The van der Waals surface area contributed by atoms with E-state index in [1.54, 1.807) is 4.90 Å². The van der Waals surface area contributed by atoms with Gasteiger partial charge in [-0.3, -0.25) is 14.8 Å². The van der Waals surface area contributed by atoms with Gasteiger partial charge in [-0.1, -0.05) is 6.07 Å².